The number of hydrogen-bond acceptors (Lipinski definition) is 3. The minimum absolute atomic E-state index is 0.740. The number of thiocarbonyl (C=S) groups is 1. The van der Waals surface area contributed by atoms with E-state index >= 15 is 0 Å². The van der Waals surface area contributed by atoms with Crippen LogP contribution < -0.4 is 10.6 Å². The lowest BCUT2D eigenvalue weighted by Crippen LogP contribution is -2.39. The standard InChI is InChI=1S/C11H23N3OS/c1-14-6-4-10(9-14)8-13-11(16)12-5-3-7-15-2/h10H,3-9H2,1-2H3,(H2,12,13,16). The van der Waals surface area contributed by atoms with Gasteiger partial charge in [-0.05, 0) is 44.6 Å². The Hall–Kier alpha value is -0.390. The van der Waals surface area contributed by atoms with Gasteiger partial charge in [0.15, 0.2) is 5.11 Å². The number of nitrogens with zero attached hydrogens (tertiary/aromatic N) is 1. The van der Waals surface area contributed by atoms with Crippen molar-refractivity contribution in [3.8, 4) is 0 Å². The third-order valence-corrected chi connectivity index (χ3v) is 3.14. The average Bonchev–Trinajstić information content (AvgIpc) is 2.68. The Balaban J connectivity index is 1.97. The fourth-order valence-corrected chi connectivity index (χ4v) is 2.10. The highest BCUT2D eigenvalue weighted by molar-refractivity contribution is 7.80. The van der Waals surface area contributed by atoms with Crippen LogP contribution in [0.2, 0.25) is 0 Å². The Morgan fingerprint density at radius 3 is 2.94 bits per heavy atom. The molecule has 1 rings (SSSR count). The van der Waals surface area contributed by atoms with Crippen LogP contribution in [0.15, 0.2) is 0 Å². The maximum Gasteiger partial charge on any atom is 0.166 e. The van der Waals surface area contributed by atoms with Gasteiger partial charge in [-0.1, -0.05) is 0 Å². The number of ether oxygens (including phenoxy) is 1. The second-order valence-electron chi connectivity index (χ2n) is 4.40. The van der Waals surface area contributed by atoms with E-state index in [1.165, 1.54) is 19.5 Å². The zero-order valence-electron chi connectivity index (χ0n) is 10.3. The van der Waals surface area contributed by atoms with Crippen LogP contribution in [0.4, 0.5) is 0 Å². The van der Waals surface area contributed by atoms with Gasteiger partial charge < -0.3 is 20.3 Å². The zero-order valence-corrected chi connectivity index (χ0v) is 11.1. The Morgan fingerprint density at radius 1 is 1.50 bits per heavy atom. The molecule has 2 N–H and O–H groups in total. The fraction of sp³-hybridized carbons (Fsp3) is 0.909. The van der Waals surface area contributed by atoms with Gasteiger partial charge in [-0.2, -0.15) is 0 Å². The summed E-state index contributed by atoms with van der Waals surface area (Å²) >= 11 is 5.19. The first-order chi connectivity index (χ1) is 7.72. The quantitative estimate of drug-likeness (QED) is 0.524. The van der Waals surface area contributed by atoms with Crippen LogP contribution in [0.1, 0.15) is 12.8 Å². The Kier molecular flexibility index (Phi) is 6.68. The van der Waals surface area contributed by atoms with Crippen molar-refractivity contribution in [1.82, 2.24) is 15.5 Å². The maximum atomic E-state index is 5.19. The number of likely N-dealkylation sites (tertiary alicyclic amines) is 1. The smallest absolute Gasteiger partial charge is 0.166 e. The van der Waals surface area contributed by atoms with E-state index in [-0.39, 0.29) is 0 Å². The van der Waals surface area contributed by atoms with Crippen LogP contribution >= 0.6 is 12.2 Å². The SMILES string of the molecule is COCCCNC(=S)NCC1CCN(C)C1. The summed E-state index contributed by atoms with van der Waals surface area (Å²) < 4.78 is 4.97. The Bertz CT molecular complexity index is 213. The van der Waals surface area contributed by atoms with E-state index < -0.39 is 0 Å². The van der Waals surface area contributed by atoms with Crippen LogP contribution in [0.5, 0.6) is 0 Å². The molecule has 1 saturated heterocycles. The summed E-state index contributed by atoms with van der Waals surface area (Å²) in [6.45, 7) is 5.04. The molecule has 1 aliphatic heterocycles. The summed E-state index contributed by atoms with van der Waals surface area (Å²) in [6, 6.07) is 0. The van der Waals surface area contributed by atoms with Crippen LogP contribution in [0.3, 0.4) is 0 Å². The highest BCUT2D eigenvalue weighted by Crippen LogP contribution is 2.12. The van der Waals surface area contributed by atoms with Gasteiger partial charge in [0, 0.05) is 33.4 Å². The van der Waals surface area contributed by atoms with E-state index in [0.29, 0.717) is 0 Å². The lowest BCUT2D eigenvalue weighted by atomic mass is 10.1. The van der Waals surface area contributed by atoms with Crippen molar-refractivity contribution in [3.05, 3.63) is 0 Å². The molecule has 1 atom stereocenters. The van der Waals surface area contributed by atoms with Gasteiger partial charge in [0.05, 0.1) is 0 Å². The normalized spacial score (nSPS) is 21.0. The van der Waals surface area contributed by atoms with E-state index in [1.807, 2.05) is 0 Å². The lowest BCUT2D eigenvalue weighted by molar-refractivity contribution is 0.195. The lowest BCUT2D eigenvalue weighted by Gasteiger charge is -2.14. The third kappa shape index (κ3) is 5.63. The zero-order chi connectivity index (χ0) is 11.8. The summed E-state index contributed by atoms with van der Waals surface area (Å²) in [5, 5.41) is 7.22. The number of rotatable bonds is 6. The molecule has 16 heavy (non-hydrogen) atoms. The highest BCUT2D eigenvalue weighted by atomic mass is 32.1. The summed E-state index contributed by atoms with van der Waals surface area (Å²) in [6.07, 6.45) is 2.26. The van der Waals surface area contributed by atoms with Crippen molar-refractivity contribution in [2.75, 3.05) is 46.9 Å². The molecule has 1 aliphatic rings. The van der Waals surface area contributed by atoms with E-state index in [0.717, 1.165) is 37.1 Å². The summed E-state index contributed by atoms with van der Waals surface area (Å²) in [5.41, 5.74) is 0. The minimum Gasteiger partial charge on any atom is -0.385 e. The molecule has 0 saturated carbocycles. The van der Waals surface area contributed by atoms with Crippen molar-refractivity contribution in [2.24, 2.45) is 5.92 Å². The van der Waals surface area contributed by atoms with Gasteiger partial charge in [-0.3, -0.25) is 0 Å². The highest BCUT2D eigenvalue weighted by Gasteiger charge is 2.18. The predicted octanol–water partition coefficient (Wildman–Crippen LogP) is 0.439. The minimum atomic E-state index is 0.740. The number of hydrogen-bond donors (Lipinski definition) is 2. The van der Waals surface area contributed by atoms with Crippen LogP contribution in [0, 0.1) is 5.92 Å². The van der Waals surface area contributed by atoms with Crippen LogP contribution in [0.25, 0.3) is 0 Å². The van der Waals surface area contributed by atoms with Crippen molar-refractivity contribution in [1.29, 1.82) is 0 Å². The van der Waals surface area contributed by atoms with E-state index in [9.17, 15) is 0 Å². The summed E-state index contributed by atoms with van der Waals surface area (Å²) in [4.78, 5) is 2.36. The first-order valence-electron chi connectivity index (χ1n) is 5.91. The Labute approximate surface area is 104 Å². The molecular formula is C11H23N3OS. The van der Waals surface area contributed by atoms with Gasteiger partial charge in [-0.15, -0.1) is 0 Å². The molecule has 0 bridgehead atoms. The van der Waals surface area contributed by atoms with Crippen molar-refractivity contribution in [3.63, 3.8) is 0 Å². The third-order valence-electron chi connectivity index (χ3n) is 2.85. The molecular weight excluding hydrogens is 222 g/mol. The first-order valence-corrected chi connectivity index (χ1v) is 6.32. The summed E-state index contributed by atoms with van der Waals surface area (Å²) in [5.74, 6) is 0.740. The monoisotopic (exact) mass is 245 g/mol. The molecule has 1 unspecified atom stereocenters. The second-order valence-corrected chi connectivity index (χ2v) is 4.81. The maximum absolute atomic E-state index is 5.19. The molecule has 0 radical (unpaired) electrons. The molecule has 4 nitrogen and oxygen atoms in total. The molecule has 1 heterocycles. The van der Waals surface area contributed by atoms with Crippen molar-refractivity contribution in [2.45, 2.75) is 12.8 Å². The molecule has 0 spiro atoms. The molecule has 94 valence electrons. The van der Waals surface area contributed by atoms with Crippen LogP contribution in [-0.4, -0.2) is 57.0 Å². The molecule has 0 aliphatic carbocycles. The van der Waals surface area contributed by atoms with E-state index in [4.69, 9.17) is 17.0 Å². The van der Waals surface area contributed by atoms with E-state index in [2.05, 4.69) is 22.6 Å². The predicted molar refractivity (Wildman–Crippen MR) is 70.7 cm³/mol. The van der Waals surface area contributed by atoms with Gasteiger partial charge in [0.25, 0.3) is 0 Å². The van der Waals surface area contributed by atoms with Crippen molar-refractivity contribution >= 4 is 17.3 Å². The van der Waals surface area contributed by atoms with Gasteiger partial charge in [0.2, 0.25) is 0 Å². The largest absolute Gasteiger partial charge is 0.385 e. The topological polar surface area (TPSA) is 36.5 Å². The van der Waals surface area contributed by atoms with Gasteiger partial charge in [-0.25, -0.2) is 0 Å². The molecule has 0 aromatic heterocycles. The van der Waals surface area contributed by atoms with Crippen LogP contribution in [-0.2, 0) is 4.74 Å². The molecule has 0 aromatic carbocycles. The van der Waals surface area contributed by atoms with E-state index in [1.54, 1.807) is 7.11 Å². The Morgan fingerprint density at radius 2 is 2.31 bits per heavy atom. The van der Waals surface area contributed by atoms with Crippen molar-refractivity contribution < 1.29 is 4.74 Å². The summed E-state index contributed by atoms with van der Waals surface area (Å²) in [7, 11) is 3.88. The molecule has 1 fully saturated rings. The second kappa shape index (κ2) is 7.81. The molecule has 0 aromatic rings. The first kappa shape index (κ1) is 13.7. The molecule has 5 heteroatoms. The number of methoxy groups -OCH3 is 1. The molecule has 0 amide bonds. The van der Waals surface area contributed by atoms with Gasteiger partial charge in [0.1, 0.15) is 0 Å². The number of nitrogens with one attached hydrogen (secondary N) is 2. The average molecular weight is 245 g/mol. The fourth-order valence-electron chi connectivity index (χ4n) is 1.91. The van der Waals surface area contributed by atoms with Gasteiger partial charge >= 0.3 is 0 Å².